The molecular formula is C16H24N2. The van der Waals surface area contributed by atoms with Gasteiger partial charge in [-0.15, -0.1) is 0 Å². The fourth-order valence-electron chi connectivity index (χ4n) is 2.75. The van der Waals surface area contributed by atoms with Crippen molar-refractivity contribution in [2.45, 2.75) is 34.2 Å². The van der Waals surface area contributed by atoms with Gasteiger partial charge < -0.3 is 9.47 Å². The van der Waals surface area contributed by atoms with E-state index >= 15 is 0 Å². The molecule has 0 saturated carbocycles. The summed E-state index contributed by atoms with van der Waals surface area (Å²) in [6.07, 6.45) is 0. The van der Waals surface area contributed by atoms with Crippen LogP contribution in [-0.2, 0) is 6.54 Å². The Morgan fingerprint density at radius 1 is 1.00 bits per heavy atom. The van der Waals surface area contributed by atoms with Crippen LogP contribution < -0.4 is 0 Å². The minimum Gasteiger partial charge on any atom is -0.343 e. The molecule has 18 heavy (non-hydrogen) atoms. The predicted molar refractivity (Wildman–Crippen MR) is 79.4 cm³/mol. The summed E-state index contributed by atoms with van der Waals surface area (Å²) in [5, 5.41) is 1.45. The van der Waals surface area contributed by atoms with Gasteiger partial charge in [-0.25, -0.2) is 0 Å². The van der Waals surface area contributed by atoms with Gasteiger partial charge in [-0.05, 0) is 58.5 Å². The van der Waals surface area contributed by atoms with E-state index in [0.717, 1.165) is 13.1 Å². The lowest BCUT2D eigenvalue weighted by molar-refractivity contribution is 0.385. The van der Waals surface area contributed by atoms with Gasteiger partial charge in [0.15, 0.2) is 0 Å². The number of nitrogens with zero attached hydrogens (tertiary/aromatic N) is 2. The van der Waals surface area contributed by atoms with Crippen LogP contribution in [0.3, 0.4) is 0 Å². The molecule has 0 fully saturated rings. The molecule has 2 heteroatoms. The Kier molecular flexibility index (Phi) is 3.49. The zero-order valence-corrected chi connectivity index (χ0v) is 12.5. The molecule has 0 unspecified atom stereocenters. The first-order chi connectivity index (χ1) is 8.43. The summed E-state index contributed by atoms with van der Waals surface area (Å²) in [4.78, 5) is 2.24. The van der Waals surface area contributed by atoms with Crippen LogP contribution in [0.1, 0.15) is 22.4 Å². The molecule has 0 radical (unpaired) electrons. The Labute approximate surface area is 110 Å². The van der Waals surface area contributed by atoms with Crippen molar-refractivity contribution in [3.8, 4) is 0 Å². The molecule has 2 aromatic rings. The average Bonchev–Trinajstić information content (AvgIpc) is 2.56. The zero-order valence-electron chi connectivity index (χ0n) is 12.5. The van der Waals surface area contributed by atoms with E-state index < -0.39 is 0 Å². The minimum absolute atomic E-state index is 1.06. The SMILES string of the molecule is Cc1ccc(C)c2c1c(C)c(C)n2CCN(C)C. The van der Waals surface area contributed by atoms with Crippen molar-refractivity contribution in [3.05, 3.63) is 34.5 Å². The second-order valence-electron chi connectivity index (χ2n) is 5.59. The molecule has 0 spiro atoms. The Morgan fingerprint density at radius 3 is 2.22 bits per heavy atom. The van der Waals surface area contributed by atoms with Crippen molar-refractivity contribution < 1.29 is 0 Å². The fourth-order valence-corrected chi connectivity index (χ4v) is 2.75. The highest BCUT2D eigenvalue weighted by Gasteiger charge is 2.14. The third-order valence-corrected chi connectivity index (χ3v) is 3.95. The third kappa shape index (κ3) is 2.05. The predicted octanol–water partition coefficient (Wildman–Crippen LogP) is 3.44. The van der Waals surface area contributed by atoms with E-state index in [9.17, 15) is 0 Å². The monoisotopic (exact) mass is 244 g/mol. The van der Waals surface area contributed by atoms with Crippen molar-refractivity contribution in [1.82, 2.24) is 9.47 Å². The second kappa shape index (κ2) is 4.77. The molecule has 98 valence electrons. The van der Waals surface area contributed by atoms with Crippen LogP contribution in [0.4, 0.5) is 0 Å². The molecule has 1 heterocycles. The lowest BCUT2D eigenvalue weighted by Crippen LogP contribution is -2.19. The minimum atomic E-state index is 1.06. The summed E-state index contributed by atoms with van der Waals surface area (Å²) in [5.74, 6) is 0. The van der Waals surface area contributed by atoms with Gasteiger partial charge in [0.2, 0.25) is 0 Å². The van der Waals surface area contributed by atoms with Crippen molar-refractivity contribution in [1.29, 1.82) is 0 Å². The summed E-state index contributed by atoms with van der Waals surface area (Å²) in [6, 6.07) is 4.48. The normalized spacial score (nSPS) is 11.7. The van der Waals surface area contributed by atoms with Gasteiger partial charge in [0.05, 0.1) is 5.52 Å². The highest BCUT2D eigenvalue weighted by atomic mass is 15.1. The molecule has 1 aromatic carbocycles. The molecule has 0 bridgehead atoms. The van der Waals surface area contributed by atoms with Crippen LogP contribution in [-0.4, -0.2) is 30.1 Å². The number of hydrogen-bond acceptors (Lipinski definition) is 1. The van der Waals surface area contributed by atoms with E-state index in [1.165, 1.54) is 33.3 Å². The van der Waals surface area contributed by atoms with Gasteiger partial charge in [0.1, 0.15) is 0 Å². The van der Waals surface area contributed by atoms with E-state index in [0.29, 0.717) is 0 Å². The van der Waals surface area contributed by atoms with Crippen LogP contribution in [0.25, 0.3) is 10.9 Å². The van der Waals surface area contributed by atoms with E-state index in [1.807, 2.05) is 0 Å². The van der Waals surface area contributed by atoms with Crippen molar-refractivity contribution in [2.24, 2.45) is 0 Å². The highest BCUT2D eigenvalue weighted by molar-refractivity contribution is 5.90. The lowest BCUT2D eigenvalue weighted by Gasteiger charge is -2.14. The number of aryl methyl sites for hydroxylation is 3. The molecule has 2 nitrogen and oxygen atoms in total. The first kappa shape index (κ1) is 13.2. The van der Waals surface area contributed by atoms with Crippen LogP contribution in [0, 0.1) is 27.7 Å². The van der Waals surface area contributed by atoms with Crippen LogP contribution in [0.15, 0.2) is 12.1 Å². The number of rotatable bonds is 3. The largest absolute Gasteiger partial charge is 0.343 e. The summed E-state index contributed by atoms with van der Waals surface area (Å²) >= 11 is 0. The first-order valence-electron chi connectivity index (χ1n) is 6.63. The Hall–Kier alpha value is -1.28. The highest BCUT2D eigenvalue weighted by Crippen LogP contribution is 2.30. The molecule has 0 aliphatic heterocycles. The van der Waals surface area contributed by atoms with Crippen LogP contribution in [0.5, 0.6) is 0 Å². The Bertz CT molecular complexity index is 577. The van der Waals surface area contributed by atoms with Crippen molar-refractivity contribution in [2.75, 3.05) is 20.6 Å². The average molecular weight is 244 g/mol. The molecule has 0 N–H and O–H groups in total. The maximum atomic E-state index is 2.48. The van der Waals surface area contributed by atoms with E-state index in [4.69, 9.17) is 0 Å². The van der Waals surface area contributed by atoms with Gasteiger partial charge in [-0.1, -0.05) is 12.1 Å². The summed E-state index contributed by atoms with van der Waals surface area (Å²) < 4.78 is 2.48. The molecule has 2 rings (SSSR count). The first-order valence-corrected chi connectivity index (χ1v) is 6.63. The number of likely N-dealkylation sites (N-methyl/N-ethyl adjacent to an activating group) is 1. The molecule has 0 aliphatic carbocycles. The second-order valence-corrected chi connectivity index (χ2v) is 5.59. The molecule has 0 aliphatic rings. The third-order valence-electron chi connectivity index (χ3n) is 3.95. The summed E-state index contributed by atoms with van der Waals surface area (Å²) in [5.41, 5.74) is 7.03. The van der Waals surface area contributed by atoms with Gasteiger partial charge >= 0.3 is 0 Å². The number of hydrogen-bond donors (Lipinski definition) is 0. The quantitative estimate of drug-likeness (QED) is 0.803. The maximum Gasteiger partial charge on any atom is 0.0518 e. The van der Waals surface area contributed by atoms with E-state index in [-0.39, 0.29) is 0 Å². The molecule has 0 saturated heterocycles. The Morgan fingerprint density at radius 2 is 1.61 bits per heavy atom. The van der Waals surface area contributed by atoms with Gasteiger partial charge in [-0.3, -0.25) is 0 Å². The number of fused-ring (bicyclic) bond motifs is 1. The van der Waals surface area contributed by atoms with Gasteiger partial charge in [0, 0.05) is 24.2 Å². The smallest absolute Gasteiger partial charge is 0.0518 e. The summed E-state index contributed by atoms with van der Waals surface area (Å²) in [7, 11) is 4.26. The van der Waals surface area contributed by atoms with E-state index in [2.05, 4.69) is 63.4 Å². The zero-order chi connectivity index (χ0) is 13.4. The number of aromatic nitrogens is 1. The van der Waals surface area contributed by atoms with Crippen LogP contribution >= 0.6 is 0 Å². The lowest BCUT2D eigenvalue weighted by atomic mass is 10.0. The molecule has 0 amide bonds. The van der Waals surface area contributed by atoms with Gasteiger partial charge in [0.25, 0.3) is 0 Å². The topological polar surface area (TPSA) is 8.17 Å². The van der Waals surface area contributed by atoms with Crippen molar-refractivity contribution >= 4 is 10.9 Å². The fraction of sp³-hybridized carbons (Fsp3) is 0.500. The number of benzene rings is 1. The maximum absolute atomic E-state index is 2.48. The standard InChI is InChI=1S/C16H24N2/c1-11-7-8-12(2)16-15(11)13(3)14(4)18(16)10-9-17(5)6/h7-8H,9-10H2,1-6H3. The molecule has 0 atom stereocenters. The molecule has 1 aromatic heterocycles. The summed E-state index contributed by atoms with van der Waals surface area (Å²) in [6.45, 7) is 11.1. The van der Waals surface area contributed by atoms with E-state index in [1.54, 1.807) is 0 Å². The Balaban J connectivity index is 2.65. The van der Waals surface area contributed by atoms with Crippen molar-refractivity contribution in [3.63, 3.8) is 0 Å². The van der Waals surface area contributed by atoms with Crippen LogP contribution in [0.2, 0.25) is 0 Å². The molecular weight excluding hydrogens is 220 g/mol. The van der Waals surface area contributed by atoms with Gasteiger partial charge in [-0.2, -0.15) is 0 Å².